The van der Waals surface area contributed by atoms with Crippen LogP contribution in [-0.2, 0) is 4.79 Å². The van der Waals surface area contributed by atoms with Crippen LogP contribution in [0.15, 0.2) is 0 Å². The van der Waals surface area contributed by atoms with E-state index >= 15 is 0 Å². The Morgan fingerprint density at radius 2 is 2.23 bits per heavy atom. The van der Waals surface area contributed by atoms with E-state index in [1.54, 1.807) is 4.90 Å². The Morgan fingerprint density at radius 1 is 1.62 bits per heavy atom. The molecule has 0 aliphatic heterocycles. The van der Waals surface area contributed by atoms with Crippen LogP contribution in [0.25, 0.3) is 0 Å². The first-order valence-electron chi connectivity index (χ1n) is 4.69. The fourth-order valence-corrected chi connectivity index (χ4v) is 1.21. The number of likely N-dealkylation sites (N-methyl/N-ethyl adjacent to an activating group) is 1. The topological polar surface area (TPSA) is 52.6 Å². The third-order valence-corrected chi connectivity index (χ3v) is 2.13. The normalized spacial score (nSPS) is 18.8. The molecular weight excluding hydrogens is 168 g/mol. The molecule has 4 heteroatoms. The molecule has 0 aromatic rings. The fourth-order valence-electron chi connectivity index (χ4n) is 1.21. The summed E-state index contributed by atoms with van der Waals surface area (Å²) in [5, 5.41) is 12.1. The molecule has 1 fully saturated rings. The highest BCUT2D eigenvalue weighted by Gasteiger charge is 2.29. The number of rotatable bonds is 5. The van der Waals surface area contributed by atoms with Crippen LogP contribution in [0.5, 0.6) is 0 Å². The van der Waals surface area contributed by atoms with Crippen molar-refractivity contribution in [2.24, 2.45) is 5.92 Å². The molecule has 1 amide bonds. The summed E-state index contributed by atoms with van der Waals surface area (Å²) in [6.45, 7) is 0.786. The maximum absolute atomic E-state index is 11.1. The maximum atomic E-state index is 11.1. The average Bonchev–Trinajstić information content (AvgIpc) is 2.80. The molecule has 2 N–H and O–H groups in total. The molecular formula is C9H18N2O2. The Labute approximate surface area is 78.9 Å². The standard InChI is InChI=1S/C9H18N2O2/c1-11(2)6-9(13)10-5-8(12)7-3-4-7/h7-8,12H,3-6H2,1-2H3,(H,10,13). The molecule has 1 saturated carbocycles. The highest BCUT2D eigenvalue weighted by Crippen LogP contribution is 2.32. The van der Waals surface area contributed by atoms with Gasteiger partial charge in [-0.05, 0) is 32.9 Å². The van der Waals surface area contributed by atoms with Crippen molar-refractivity contribution < 1.29 is 9.90 Å². The number of aliphatic hydroxyl groups excluding tert-OH is 1. The molecule has 0 spiro atoms. The van der Waals surface area contributed by atoms with Crippen LogP contribution in [0.1, 0.15) is 12.8 Å². The van der Waals surface area contributed by atoms with E-state index in [0.717, 1.165) is 12.8 Å². The fraction of sp³-hybridized carbons (Fsp3) is 0.889. The molecule has 1 aliphatic carbocycles. The number of carbonyl (C=O) groups is 1. The monoisotopic (exact) mass is 186 g/mol. The van der Waals surface area contributed by atoms with Crippen LogP contribution in [0, 0.1) is 5.92 Å². The first-order chi connectivity index (χ1) is 6.09. The minimum atomic E-state index is -0.342. The van der Waals surface area contributed by atoms with Gasteiger partial charge in [0.05, 0.1) is 12.6 Å². The molecule has 1 atom stereocenters. The molecule has 0 aromatic heterocycles. The number of aliphatic hydroxyl groups is 1. The van der Waals surface area contributed by atoms with Crippen LogP contribution in [0.4, 0.5) is 0 Å². The summed E-state index contributed by atoms with van der Waals surface area (Å²) >= 11 is 0. The van der Waals surface area contributed by atoms with Crippen molar-refractivity contribution in [1.29, 1.82) is 0 Å². The smallest absolute Gasteiger partial charge is 0.234 e. The molecule has 76 valence electrons. The van der Waals surface area contributed by atoms with E-state index in [-0.39, 0.29) is 12.0 Å². The van der Waals surface area contributed by atoms with E-state index in [1.165, 1.54) is 0 Å². The van der Waals surface area contributed by atoms with Gasteiger partial charge in [0.15, 0.2) is 0 Å². The summed E-state index contributed by atoms with van der Waals surface area (Å²) in [6.07, 6.45) is 1.86. The Hall–Kier alpha value is -0.610. The third kappa shape index (κ3) is 4.24. The summed E-state index contributed by atoms with van der Waals surface area (Å²) in [4.78, 5) is 12.9. The Balaban J connectivity index is 2.06. The minimum absolute atomic E-state index is 0.0234. The zero-order chi connectivity index (χ0) is 9.84. The van der Waals surface area contributed by atoms with Crippen molar-refractivity contribution >= 4 is 5.91 Å². The van der Waals surface area contributed by atoms with Crippen molar-refractivity contribution in [3.05, 3.63) is 0 Å². The van der Waals surface area contributed by atoms with Crippen molar-refractivity contribution in [1.82, 2.24) is 10.2 Å². The van der Waals surface area contributed by atoms with Gasteiger partial charge in [0.2, 0.25) is 5.91 Å². The van der Waals surface area contributed by atoms with Gasteiger partial charge in [-0.2, -0.15) is 0 Å². The average molecular weight is 186 g/mol. The predicted molar refractivity (Wildman–Crippen MR) is 50.3 cm³/mol. The van der Waals surface area contributed by atoms with Crippen molar-refractivity contribution in [3.63, 3.8) is 0 Å². The molecule has 1 unspecified atom stereocenters. The number of nitrogens with zero attached hydrogens (tertiary/aromatic N) is 1. The van der Waals surface area contributed by atoms with Crippen LogP contribution in [0.2, 0.25) is 0 Å². The van der Waals surface area contributed by atoms with Crippen molar-refractivity contribution in [3.8, 4) is 0 Å². The summed E-state index contributed by atoms with van der Waals surface area (Å²) in [5.41, 5.74) is 0. The third-order valence-electron chi connectivity index (χ3n) is 2.13. The summed E-state index contributed by atoms with van der Waals surface area (Å²) in [5.74, 6) is 0.407. The zero-order valence-electron chi connectivity index (χ0n) is 8.29. The van der Waals surface area contributed by atoms with Gasteiger partial charge >= 0.3 is 0 Å². The van der Waals surface area contributed by atoms with Gasteiger partial charge in [0, 0.05) is 6.54 Å². The minimum Gasteiger partial charge on any atom is -0.391 e. The summed E-state index contributed by atoms with van der Waals surface area (Å²) in [7, 11) is 3.69. The van der Waals surface area contributed by atoms with Crippen LogP contribution in [0.3, 0.4) is 0 Å². The van der Waals surface area contributed by atoms with Crippen molar-refractivity contribution in [2.75, 3.05) is 27.2 Å². The van der Waals surface area contributed by atoms with Crippen LogP contribution in [-0.4, -0.2) is 49.2 Å². The van der Waals surface area contributed by atoms with E-state index < -0.39 is 0 Å². The van der Waals surface area contributed by atoms with Gasteiger partial charge in [-0.25, -0.2) is 0 Å². The lowest BCUT2D eigenvalue weighted by atomic mass is 10.2. The molecule has 13 heavy (non-hydrogen) atoms. The summed E-state index contributed by atoms with van der Waals surface area (Å²) < 4.78 is 0. The van der Waals surface area contributed by atoms with E-state index in [2.05, 4.69) is 5.32 Å². The lowest BCUT2D eigenvalue weighted by Gasteiger charge is -2.12. The van der Waals surface area contributed by atoms with Gasteiger partial charge in [0.1, 0.15) is 0 Å². The Morgan fingerprint density at radius 3 is 2.69 bits per heavy atom. The maximum Gasteiger partial charge on any atom is 0.234 e. The number of hydrogen-bond donors (Lipinski definition) is 2. The van der Waals surface area contributed by atoms with Gasteiger partial charge in [-0.15, -0.1) is 0 Å². The van der Waals surface area contributed by atoms with E-state index in [1.807, 2.05) is 14.1 Å². The predicted octanol–water partition coefficient (Wildman–Crippen LogP) is -0.565. The lowest BCUT2D eigenvalue weighted by Crippen LogP contribution is -2.38. The molecule has 4 nitrogen and oxygen atoms in total. The van der Waals surface area contributed by atoms with E-state index in [9.17, 15) is 9.90 Å². The number of carbonyl (C=O) groups excluding carboxylic acids is 1. The molecule has 0 aromatic carbocycles. The quantitative estimate of drug-likeness (QED) is 0.605. The molecule has 1 aliphatic rings. The lowest BCUT2D eigenvalue weighted by molar-refractivity contribution is -0.122. The Bertz CT molecular complexity index is 178. The highest BCUT2D eigenvalue weighted by atomic mass is 16.3. The van der Waals surface area contributed by atoms with Crippen molar-refractivity contribution in [2.45, 2.75) is 18.9 Å². The Kier molecular flexibility index (Phi) is 3.69. The van der Waals surface area contributed by atoms with E-state index in [4.69, 9.17) is 0 Å². The molecule has 0 bridgehead atoms. The molecule has 0 radical (unpaired) electrons. The number of nitrogens with one attached hydrogen (secondary N) is 1. The largest absolute Gasteiger partial charge is 0.391 e. The molecule has 0 saturated heterocycles. The second-order valence-corrected chi connectivity index (χ2v) is 3.95. The van der Waals surface area contributed by atoms with Crippen LogP contribution < -0.4 is 5.32 Å². The number of amides is 1. The first-order valence-corrected chi connectivity index (χ1v) is 4.69. The second-order valence-electron chi connectivity index (χ2n) is 3.95. The summed E-state index contributed by atoms with van der Waals surface area (Å²) in [6, 6.07) is 0. The second kappa shape index (κ2) is 4.58. The van der Waals surface area contributed by atoms with Crippen LogP contribution >= 0.6 is 0 Å². The highest BCUT2D eigenvalue weighted by molar-refractivity contribution is 5.77. The molecule has 0 heterocycles. The SMILES string of the molecule is CN(C)CC(=O)NCC(O)C1CC1. The van der Waals surface area contributed by atoms with Gasteiger partial charge in [0.25, 0.3) is 0 Å². The van der Waals surface area contributed by atoms with E-state index in [0.29, 0.717) is 19.0 Å². The first kappa shape index (κ1) is 10.5. The molecule has 1 rings (SSSR count). The van der Waals surface area contributed by atoms with Gasteiger partial charge in [-0.1, -0.05) is 0 Å². The van der Waals surface area contributed by atoms with Gasteiger partial charge in [-0.3, -0.25) is 4.79 Å². The van der Waals surface area contributed by atoms with Gasteiger partial charge < -0.3 is 15.3 Å². The number of hydrogen-bond acceptors (Lipinski definition) is 3. The zero-order valence-corrected chi connectivity index (χ0v) is 8.29.